The first-order valence-electron chi connectivity index (χ1n) is 10.1. The minimum Gasteiger partial charge on any atom is -0.364 e. The van der Waals surface area contributed by atoms with Crippen molar-refractivity contribution in [1.82, 2.24) is 20.0 Å². The zero-order valence-corrected chi connectivity index (χ0v) is 17.6. The third-order valence-electron chi connectivity index (χ3n) is 5.46. The number of hydrogen-bond donors (Lipinski definition) is 1. The number of benzene rings is 2. The lowest BCUT2D eigenvalue weighted by atomic mass is 10.1. The van der Waals surface area contributed by atoms with E-state index in [1.807, 2.05) is 41.3 Å². The maximum absolute atomic E-state index is 13.3. The highest BCUT2D eigenvalue weighted by Gasteiger charge is 2.31. The van der Waals surface area contributed by atoms with E-state index in [9.17, 15) is 4.79 Å². The van der Waals surface area contributed by atoms with E-state index in [4.69, 9.17) is 16.1 Å². The molecule has 31 heavy (non-hydrogen) atoms. The smallest absolute Gasteiger partial charge is 0.259 e. The van der Waals surface area contributed by atoms with Crippen molar-refractivity contribution >= 4 is 34.4 Å². The highest BCUT2D eigenvalue weighted by molar-refractivity contribution is 6.31. The molecule has 1 aliphatic rings. The number of nitrogens with one attached hydrogen (secondary N) is 1. The summed E-state index contributed by atoms with van der Waals surface area (Å²) in [6.07, 6.45) is 2.51. The molecule has 3 heterocycles. The fraction of sp³-hybridized carbons (Fsp3) is 0.217. The Morgan fingerprint density at radius 2 is 2.03 bits per heavy atom. The van der Waals surface area contributed by atoms with Crippen LogP contribution in [0.15, 0.2) is 59.3 Å². The average Bonchev–Trinajstić information content (AvgIpc) is 3.41. The Morgan fingerprint density at radius 1 is 1.19 bits per heavy atom. The first kappa shape index (κ1) is 19.5. The van der Waals surface area contributed by atoms with Crippen LogP contribution < -0.4 is 5.32 Å². The van der Waals surface area contributed by atoms with Gasteiger partial charge in [0, 0.05) is 29.7 Å². The number of amides is 1. The maximum atomic E-state index is 13.3. The Labute approximate surface area is 184 Å². The summed E-state index contributed by atoms with van der Waals surface area (Å²) in [5.41, 5.74) is 3.49. The molecule has 7 nitrogen and oxygen atoms in total. The normalized spacial score (nSPS) is 16.1. The number of anilines is 1. The molecule has 1 atom stereocenters. The van der Waals surface area contributed by atoms with Gasteiger partial charge in [-0.2, -0.15) is 0 Å². The van der Waals surface area contributed by atoms with Crippen molar-refractivity contribution in [3.05, 3.63) is 71.1 Å². The first-order valence-corrected chi connectivity index (χ1v) is 10.5. The summed E-state index contributed by atoms with van der Waals surface area (Å²) in [6, 6.07) is 15.1. The second kappa shape index (κ2) is 8.00. The number of aromatic nitrogens is 3. The van der Waals surface area contributed by atoms with E-state index in [1.54, 1.807) is 25.3 Å². The van der Waals surface area contributed by atoms with E-state index in [1.165, 1.54) is 0 Å². The summed E-state index contributed by atoms with van der Waals surface area (Å²) in [4.78, 5) is 24.1. The number of nitrogens with zero attached hydrogens (tertiary/aromatic N) is 4. The molecular weight excluding hydrogens is 414 g/mol. The highest BCUT2D eigenvalue weighted by Crippen LogP contribution is 2.28. The molecule has 8 heteroatoms. The standard InChI is InChI=1S/C23H20ClN5O2/c1-14-21(22(28-31-14)15-5-3-2-4-6-15)23(30)29-10-9-17(13-29)26-20-12-25-19-11-16(24)7-8-18(19)27-20/h2-8,11-12,17H,9-10,13H2,1H3,(H,26,27). The molecule has 1 saturated heterocycles. The van der Waals surface area contributed by atoms with Crippen LogP contribution in [0.4, 0.5) is 5.82 Å². The van der Waals surface area contributed by atoms with Crippen LogP contribution in [0.3, 0.4) is 0 Å². The Hall–Kier alpha value is -3.45. The van der Waals surface area contributed by atoms with Crippen LogP contribution in [0, 0.1) is 6.92 Å². The zero-order chi connectivity index (χ0) is 21.4. The van der Waals surface area contributed by atoms with Crippen LogP contribution in [0.2, 0.25) is 5.02 Å². The van der Waals surface area contributed by atoms with Crippen molar-refractivity contribution < 1.29 is 9.32 Å². The molecule has 0 bridgehead atoms. The monoisotopic (exact) mass is 433 g/mol. The van der Waals surface area contributed by atoms with Gasteiger partial charge in [-0.1, -0.05) is 47.1 Å². The van der Waals surface area contributed by atoms with Crippen LogP contribution in [0.25, 0.3) is 22.3 Å². The molecule has 5 rings (SSSR count). The van der Waals surface area contributed by atoms with E-state index in [0.29, 0.717) is 40.9 Å². The molecule has 156 valence electrons. The summed E-state index contributed by atoms with van der Waals surface area (Å²) < 4.78 is 5.36. The lowest BCUT2D eigenvalue weighted by molar-refractivity contribution is 0.0790. The molecule has 2 aromatic carbocycles. The minimum absolute atomic E-state index is 0.0684. The second-order valence-electron chi connectivity index (χ2n) is 7.60. The van der Waals surface area contributed by atoms with Gasteiger partial charge in [-0.15, -0.1) is 0 Å². The van der Waals surface area contributed by atoms with Crippen LogP contribution in [-0.4, -0.2) is 45.1 Å². The molecule has 2 aromatic heterocycles. The lowest BCUT2D eigenvalue weighted by Gasteiger charge is -2.17. The molecule has 0 radical (unpaired) electrons. The third kappa shape index (κ3) is 3.84. The number of rotatable bonds is 4. The molecule has 1 unspecified atom stereocenters. The minimum atomic E-state index is -0.0684. The second-order valence-corrected chi connectivity index (χ2v) is 8.03. The fourth-order valence-corrected chi connectivity index (χ4v) is 4.07. The van der Waals surface area contributed by atoms with E-state index in [2.05, 4.69) is 20.4 Å². The van der Waals surface area contributed by atoms with Crippen molar-refractivity contribution in [2.24, 2.45) is 0 Å². The molecule has 0 saturated carbocycles. The predicted molar refractivity (Wildman–Crippen MR) is 119 cm³/mol. The van der Waals surface area contributed by atoms with Gasteiger partial charge in [-0.3, -0.25) is 9.78 Å². The third-order valence-corrected chi connectivity index (χ3v) is 5.69. The van der Waals surface area contributed by atoms with Crippen LogP contribution >= 0.6 is 11.6 Å². The van der Waals surface area contributed by atoms with Gasteiger partial charge in [0.2, 0.25) is 0 Å². The highest BCUT2D eigenvalue weighted by atomic mass is 35.5. The number of fused-ring (bicyclic) bond motifs is 1. The average molecular weight is 434 g/mol. The van der Waals surface area contributed by atoms with Crippen molar-refractivity contribution in [3.63, 3.8) is 0 Å². The number of hydrogen-bond acceptors (Lipinski definition) is 6. The van der Waals surface area contributed by atoms with E-state index < -0.39 is 0 Å². The quantitative estimate of drug-likeness (QED) is 0.507. The van der Waals surface area contributed by atoms with Crippen LogP contribution in [0.1, 0.15) is 22.5 Å². The number of halogens is 1. The molecule has 4 aromatic rings. The first-order chi connectivity index (χ1) is 15.1. The van der Waals surface area contributed by atoms with Gasteiger partial charge in [0.15, 0.2) is 0 Å². The van der Waals surface area contributed by atoms with E-state index >= 15 is 0 Å². The number of carbonyl (C=O) groups is 1. The van der Waals surface area contributed by atoms with E-state index in [0.717, 1.165) is 23.0 Å². The van der Waals surface area contributed by atoms with E-state index in [-0.39, 0.29) is 11.9 Å². The topological polar surface area (TPSA) is 84.2 Å². The summed E-state index contributed by atoms with van der Waals surface area (Å²) >= 11 is 6.01. The number of likely N-dealkylation sites (tertiary alicyclic amines) is 1. The van der Waals surface area contributed by atoms with Crippen molar-refractivity contribution in [1.29, 1.82) is 0 Å². The Balaban J connectivity index is 1.32. The number of carbonyl (C=O) groups excluding carboxylic acids is 1. The Bertz CT molecular complexity index is 1260. The predicted octanol–water partition coefficient (Wildman–Crippen LogP) is 4.57. The number of aryl methyl sites for hydroxylation is 1. The zero-order valence-electron chi connectivity index (χ0n) is 16.9. The van der Waals surface area contributed by atoms with Crippen molar-refractivity contribution in [2.75, 3.05) is 18.4 Å². The Kier molecular flexibility index (Phi) is 5.03. The van der Waals surface area contributed by atoms with Gasteiger partial charge >= 0.3 is 0 Å². The summed E-state index contributed by atoms with van der Waals surface area (Å²) in [5.74, 6) is 1.14. The van der Waals surface area contributed by atoms with Gasteiger partial charge in [-0.25, -0.2) is 4.98 Å². The fourth-order valence-electron chi connectivity index (χ4n) is 3.90. The van der Waals surface area contributed by atoms with Crippen molar-refractivity contribution in [2.45, 2.75) is 19.4 Å². The lowest BCUT2D eigenvalue weighted by Crippen LogP contribution is -2.32. The van der Waals surface area contributed by atoms with Gasteiger partial charge in [0.05, 0.1) is 17.2 Å². The van der Waals surface area contributed by atoms with Gasteiger partial charge in [-0.05, 0) is 31.5 Å². The molecule has 1 amide bonds. The molecule has 0 aliphatic carbocycles. The molecule has 1 fully saturated rings. The van der Waals surface area contributed by atoms with Crippen LogP contribution in [0.5, 0.6) is 0 Å². The summed E-state index contributed by atoms with van der Waals surface area (Å²) in [5, 5.41) is 8.16. The van der Waals surface area contributed by atoms with Gasteiger partial charge < -0.3 is 14.7 Å². The van der Waals surface area contributed by atoms with Crippen molar-refractivity contribution in [3.8, 4) is 11.3 Å². The summed E-state index contributed by atoms with van der Waals surface area (Å²) in [7, 11) is 0. The van der Waals surface area contributed by atoms with Gasteiger partial charge in [0.25, 0.3) is 5.91 Å². The SMILES string of the molecule is Cc1onc(-c2ccccc2)c1C(=O)N1CCC(Nc2cnc3cc(Cl)ccc3n2)C1. The molecular formula is C23H20ClN5O2. The largest absolute Gasteiger partial charge is 0.364 e. The molecule has 1 N–H and O–H groups in total. The molecule has 1 aliphatic heterocycles. The Morgan fingerprint density at radius 3 is 2.87 bits per heavy atom. The summed E-state index contributed by atoms with van der Waals surface area (Å²) in [6.45, 7) is 2.99. The van der Waals surface area contributed by atoms with Gasteiger partial charge in [0.1, 0.15) is 22.8 Å². The van der Waals surface area contributed by atoms with Crippen LogP contribution in [-0.2, 0) is 0 Å². The molecule has 0 spiro atoms. The maximum Gasteiger partial charge on any atom is 0.259 e.